The van der Waals surface area contributed by atoms with Gasteiger partial charge >= 0.3 is 0 Å². The standard InChI is InChI=1S/C16H18N4O5S/c1-9-10(2)18-24-15(9)13-6-7-14(23-13)26(21,22)20-8-4-5-12(20)16-17-11(3)19-25-16/h6-7,12H,4-5,8H2,1-3H3. The normalized spacial score (nSPS) is 18.7. The van der Waals surface area contributed by atoms with Crippen molar-refractivity contribution in [3.05, 3.63) is 35.1 Å². The fraction of sp³-hybridized carbons (Fsp3) is 0.438. The van der Waals surface area contributed by atoms with Gasteiger partial charge in [0.05, 0.1) is 5.69 Å². The Morgan fingerprint density at radius 1 is 1.15 bits per heavy atom. The number of aryl methyl sites for hydroxylation is 2. The topological polar surface area (TPSA) is 115 Å². The molecule has 0 radical (unpaired) electrons. The second-order valence-electron chi connectivity index (χ2n) is 6.29. The Hall–Kier alpha value is -2.46. The summed E-state index contributed by atoms with van der Waals surface area (Å²) in [4.78, 5) is 4.18. The van der Waals surface area contributed by atoms with E-state index in [2.05, 4.69) is 15.3 Å². The van der Waals surface area contributed by atoms with Gasteiger partial charge in [-0.2, -0.15) is 9.29 Å². The summed E-state index contributed by atoms with van der Waals surface area (Å²) < 4.78 is 43.5. The van der Waals surface area contributed by atoms with E-state index in [0.717, 1.165) is 11.3 Å². The van der Waals surface area contributed by atoms with Crippen molar-refractivity contribution in [2.24, 2.45) is 0 Å². The number of rotatable bonds is 4. The molecule has 1 aliphatic heterocycles. The molecular formula is C16H18N4O5S. The number of sulfonamides is 1. The molecular weight excluding hydrogens is 360 g/mol. The summed E-state index contributed by atoms with van der Waals surface area (Å²) in [6, 6.07) is 2.52. The van der Waals surface area contributed by atoms with Crippen molar-refractivity contribution >= 4 is 10.0 Å². The Balaban J connectivity index is 1.67. The third kappa shape index (κ3) is 2.65. The first kappa shape index (κ1) is 17.0. The van der Waals surface area contributed by atoms with Crippen molar-refractivity contribution in [1.29, 1.82) is 0 Å². The predicted octanol–water partition coefficient (Wildman–Crippen LogP) is 2.77. The highest BCUT2D eigenvalue weighted by molar-refractivity contribution is 7.89. The Bertz CT molecular complexity index is 1050. The van der Waals surface area contributed by atoms with E-state index in [0.29, 0.717) is 42.6 Å². The van der Waals surface area contributed by atoms with Crippen LogP contribution in [0.25, 0.3) is 11.5 Å². The van der Waals surface area contributed by atoms with Gasteiger partial charge in [-0.05, 0) is 45.7 Å². The Morgan fingerprint density at radius 3 is 2.62 bits per heavy atom. The van der Waals surface area contributed by atoms with Crippen LogP contribution in [0.2, 0.25) is 0 Å². The van der Waals surface area contributed by atoms with Gasteiger partial charge in [0.15, 0.2) is 11.6 Å². The smallest absolute Gasteiger partial charge is 0.277 e. The van der Waals surface area contributed by atoms with Crippen molar-refractivity contribution < 1.29 is 21.9 Å². The lowest BCUT2D eigenvalue weighted by Gasteiger charge is -2.19. The van der Waals surface area contributed by atoms with Gasteiger partial charge in [-0.15, -0.1) is 0 Å². The van der Waals surface area contributed by atoms with Crippen molar-refractivity contribution in [3.63, 3.8) is 0 Å². The molecule has 1 fully saturated rings. The molecule has 0 aromatic carbocycles. The Kier molecular flexibility index (Phi) is 3.96. The molecule has 0 N–H and O–H groups in total. The van der Waals surface area contributed by atoms with Gasteiger partial charge in [0.1, 0.15) is 6.04 Å². The zero-order chi connectivity index (χ0) is 18.5. The molecule has 0 bridgehead atoms. The van der Waals surface area contributed by atoms with Crippen LogP contribution in [-0.2, 0) is 10.0 Å². The fourth-order valence-corrected chi connectivity index (χ4v) is 4.63. The van der Waals surface area contributed by atoms with E-state index in [1.165, 1.54) is 10.4 Å². The van der Waals surface area contributed by atoms with E-state index in [1.807, 2.05) is 13.8 Å². The van der Waals surface area contributed by atoms with E-state index in [-0.39, 0.29) is 5.09 Å². The van der Waals surface area contributed by atoms with Crippen molar-refractivity contribution in [1.82, 2.24) is 19.6 Å². The zero-order valence-corrected chi connectivity index (χ0v) is 15.4. The molecule has 4 rings (SSSR count). The monoisotopic (exact) mass is 378 g/mol. The highest BCUT2D eigenvalue weighted by Crippen LogP contribution is 2.37. The summed E-state index contributed by atoms with van der Waals surface area (Å²) >= 11 is 0. The van der Waals surface area contributed by atoms with Gasteiger partial charge < -0.3 is 13.5 Å². The van der Waals surface area contributed by atoms with Crippen molar-refractivity contribution in [3.8, 4) is 11.5 Å². The minimum Gasteiger partial charge on any atom is -0.440 e. The molecule has 0 amide bonds. The van der Waals surface area contributed by atoms with Crippen LogP contribution in [0, 0.1) is 20.8 Å². The highest BCUT2D eigenvalue weighted by atomic mass is 32.2. The molecule has 1 saturated heterocycles. The minimum absolute atomic E-state index is 0.149. The van der Waals surface area contributed by atoms with Crippen LogP contribution >= 0.6 is 0 Å². The fourth-order valence-electron chi connectivity index (χ4n) is 3.06. The molecule has 0 saturated carbocycles. The zero-order valence-electron chi connectivity index (χ0n) is 14.6. The van der Waals surface area contributed by atoms with Gasteiger partial charge in [-0.25, -0.2) is 8.42 Å². The molecule has 1 atom stereocenters. The summed E-state index contributed by atoms with van der Waals surface area (Å²) in [5.74, 6) is 1.53. The van der Waals surface area contributed by atoms with Crippen LogP contribution in [0.1, 0.15) is 41.9 Å². The van der Waals surface area contributed by atoms with E-state index in [4.69, 9.17) is 13.5 Å². The maximum absolute atomic E-state index is 13.1. The Labute approximate surface area is 150 Å². The molecule has 10 heteroatoms. The van der Waals surface area contributed by atoms with Crippen LogP contribution < -0.4 is 0 Å². The van der Waals surface area contributed by atoms with Crippen LogP contribution in [0.4, 0.5) is 0 Å². The molecule has 9 nitrogen and oxygen atoms in total. The first-order chi connectivity index (χ1) is 12.4. The lowest BCUT2D eigenvalue weighted by Crippen LogP contribution is -2.30. The summed E-state index contributed by atoms with van der Waals surface area (Å²) in [7, 11) is -3.84. The van der Waals surface area contributed by atoms with Gasteiger partial charge in [-0.3, -0.25) is 0 Å². The van der Waals surface area contributed by atoms with E-state index in [1.54, 1.807) is 13.0 Å². The van der Waals surface area contributed by atoms with Crippen LogP contribution in [0.15, 0.2) is 30.7 Å². The van der Waals surface area contributed by atoms with Gasteiger partial charge in [0.25, 0.3) is 10.0 Å². The van der Waals surface area contributed by atoms with E-state index >= 15 is 0 Å². The molecule has 4 heterocycles. The molecule has 3 aromatic rings. The third-order valence-electron chi connectivity index (χ3n) is 4.56. The number of aromatic nitrogens is 3. The van der Waals surface area contributed by atoms with E-state index < -0.39 is 16.1 Å². The molecule has 0 spiro atoms. The first-order valence-electron chi connectivity index (χ1n) is 8.23. The lowest BCUT2D eigenvalue weighted by atomic mass is 10.2. The summed E-state index contributed by atoms with van der Waals surface area (Å²) in [6.45, 7) is 5.71. The molecule has 26 heavy (non-hydrogen) atoms. The van der Waals surface area contributed by atoms with Crippen molar-refractivity contribution in [2.45, 2.75) is 44.7 Å². The average Bonchev–Trinajstić information content (AvgIpc) is 3.35. The van der Waals surface area contributed by atoms with E-state index in [9.17, 15) is 8.42 Å². The quantitative estimate of drug-likeness (QED) is 0.680. The molecule has 1 aliphatic rings. The number of hydrogen-bond donors (Lipinski definition) is 0. The highest BCUT2D eigenvalue weighted by Gasteiger charge is 2.41. The van der Waals surface area contributed by atoms with Gasteiger partial charge in [0.2, 0.25) is 16.7 Å². The van der Waals surface area contributed by atoms with Crippen molar-refractivity contribution in [2.75, 3.05) is 6.54 Å². The largest absolute Gasteiger partial charge is 0.440 e. The van der Waals surface area contributed by atoms with Crippen LogP contribution in [-0.4, -0.2) is 34.6 Å². The molecule has 3 aromatic heterocycles. The maximum atomic E-state index is 13.1. The summed E-state index contributed by atoms with van der Waals surface area (Å²) in [5, 5.41) is 7.48. The summed E-state index contributed by atoms with van der Waals surface area (Å²) in [5.41, 5.74) is 1.54. The number of hydrogen-bond acceptors (Lipinski definition) is 8. The summed E-state index contributed by atoms with van der Waals surface area (Å²) in [6.07, 6.45) is 1.33. The minimum atomic E-state index is -3.84. The molecule has 1 unspecified atom stereocenters. The van der Waals surface area contributed by atoms with Gasteiger partial charge in [0, 0.05) is 12.1 Å². The predicted molar refractivity (Wildman–Crippen MR) is 88.6 cm³/mol. The molecule has 138 valence electrons. The lowest BCUT2D eigenvalue weighted by molar-refractivity contribution is 0.285. The first-order valence-corrected chi connectivity index (χ1v) is 9.67. The maximum Gasteiger partial charge on any atom is 0.277 e. The third-order valence-corrected chi connectivity index (χ3v) is 6.34. The van der Waals surface area contributed by atoms with Gasteiger partial charge in [-0.1, -0.05) is 10.3 Å². The Morgan fingerprint density at radius 2 is 1.96 bits per heavy atom. The second kappa shape index (κ2) is 6.06. The number of furan rings is 1. The second-order valence-corrected chi connectivity index (χ2v) is 8.12. The SMILES string of the molecule is Cc1noc(C2CCCN2S(=O)(=O)c2ccc(-c3onc(C)c3C)o2)n1. The van der Waals surface area contributed by atoms with Crippen LogP contribution in [0.3, 0.4) is 0 Å². The number of nitrogens with zero attached hydrogens (tertiary/aromatic N) is 4. The average molecular weight is 378 g/mol. The molecule has 0 aliphatic carbocycles. The van der Waals surface area contributed by atoms with Crippen LogP contribution in [0.5, 0.6) is 0 Å².